The van der Waals surface area contributed by atoms with Crippen LogP contribution in [0.2, 0.25) is 0 Å². The second-order valence-corrected chi connectivity index (χ2v) is 9.18. The number of halogens is 1. The molecule has 1 saturated heterocycles. The lowest BCUT2D eigenvalue weighted by molar-refractivity contribution is -0.127. The summed E-state index contributed by atoms with van der Waals surface area (Å²) >= 11 is 0. The number of nitriles is 1. The first kappa shape index (κ1) is 25.0. The number of ether oxygens (including phenoxy) is 1. The van der Waals surface area contributed by atoms with Crippen molar-refractivity contribution in [2.75, 3.05) is 13.1 Å². The zero-order chi connectivity index (χ0) is 26.3. The number of carbonyl (C=O) groups is 1. The molecular weight excluding hydrogens is 479 g/mol. The monoisotopic (exact) mass is 506 g/mol. The van der Waals surface area contributed by atoms with Crippen LogP contribution in [0.5, 0.6) is 5.75 Å². The minimum Gasteiger partial charge on any atom is -0.489 e. The molecule has 3 aromatic carbocycles. The van der Waals surface area contributed by atoms with E-state index in [2.05, 4.69) is 6.07 Å². The topological polar surface area (TPSA) is 71.1 Å². The summed E-state index contributed by atoms with van der Waals surface area (Å²) in [6.07, 6.45) is 6.46. The number of piperidine rings is 1. The Morgan fingerprint density at radius 1 is 1.00 bits per heavy atom. The van der Waals surface area contributed by atoms with Crippen molar-refractivity contribution in [2.24, 2.45) is 0 Å². The van der Waals surface area contributed by atoms with Crippen molar-refractivity contribution >= 4 is 12.0 Å². The number of carbonyl (C=O) groups excluding carboxylic acids is 1. The van der Waals surface area contributed by atoms with Crippen LogP contribution in [0.3, 0.4) is 0 Å². The van der Waals surface area contributed by atoms with Crippen molar-refractivity contribution in [3.8, 4) is 28.8 Å². The molecule has 38 heavy (non-hydrogen) atoms. The Morgan fingerprint density at radius 3 is 2.50 bits per heavy atom. The second-order valence-electron chi connectivity index (χ2n) is 9.18. The highest BCUT2D eigenvalue weighted by Crippen LogP contribution is 2.29. The van der Waals surface area contributed by atoms with Gasteiger partial charge in [0.2, 0.25) is 0 Å². The van der Waals surface area contributed by atoms with E-state index < -0.39 is 0 Å². The lowest BCUT2D eigenvalue weighted by atomic mass is 10.0. The summed E-state index contributed by atoms with van der Waals surface area (Å²) in [6.45, 7) is 1.63. The number of benzene rings is 3. The highest BCUT2D eigenvalue weighted by Gasteiger charge is 2.22. The summed E-state index contributed by atoms with van der Waals surface area (Å²) < 4.78 is 20.9. The molecule has 5 rings (SSSR count). The van der Waals surface area contributed by atoms with Crippen molar-refractivity contribution in [2.45, 2.75) is 25.9 Å². The maximum Gasteiger partial charge on any atom is 0.264 e. The standard InChI is InChI=1S/C31H27FN4O2/c32-27-14-12-23(13-15-27)22-38-29-11-7-8-24(19-29)30-26(21-36(34-30)28-9-3-1-4-10-28)18-25(20-33)31(37)35-16-5-2-6-17-35/h1,3-4,7-15,18-19,21H,2,5-6,16-17,22H2. The lowest BCUT2D eigenvalue weighted by Crippen LogP contribution is -2.36. The number of likely N-dealkylation sites (tertiary alicyclic amines) is 1. The van der Waals surface area contributed by atoms with Gasteiger partial charge in [-0.3, -0.25) is 4.79 Å². The van der Waals surface area contributed by atoms with E-state index in [9.17, 15) is 14.4 Å². The molecule has 2 heterocycles. The Labute approximate surface area is 221 Å². The molecule has 0 N–H and O–H groups in total. The summed E-state index contributed by atoms with van der Waals surface area (Å²) in [4.78, 5) is 14.9. The van der Waals surface area contributed by atoms with Gasteiger partial charge in [0.25, 0.3) is 5.91 Å². The normalized spacial score (nSPS) is 13.7. The molecule has 0 bridgehead atoms. The molecule has 1 aromatic heterocycles. The van der Waals surface area contributed by atoms with Crippen LogP contribution in [-0.4, -0.2) is 33.7 Å². The Balaban J connectivity index is 1.49. The van der Waals surface area contributed by atoms with Crippen LogP contribution in [0.4, 0.5) is 4.39 Å². The van der Waals surface area contributed by atoms with Gasteiger partial charge in [-0.25, -0.2) is 9.07 Å². The molecule has 190 valence electrons. The number of hydrogen-bond acceptors (Lipinski definition) is 4. The van der Waals surface area contributed by atoms with Crippen molar-refractivity contribution in [1.82, 2.24) is 14.7 Å². The highest BCUT2D eigenvalue weighted by molar-refractivity contribution is 6.02. The van der Waals surface area contributed by atoms with Gasteiger partial charge in [-0.1, -0.05) is 42.5 Å². The highest BCUT2D eigenvalue weighted by atomic mass is 19.1. The zero-order valence-corrected chi connectivity index (χ0v) is 20.9. The molecule has 1 aliphatic heterocycles. The Morgan fingerprint density at radius 2 is 1.76 bits per heavy atom. The second kappa shape index (κ2) is 11.6. The van der Waals surface area contributed by atoms with Crippen molar-refractivity contribution in [3.63, 3.8) is 0 Å². The number of hydrogen-bond donors (Lipinski definition) is 0. The Kier molecular flexibility index (Phi) is 7.60. The molecule has 0 saturated carbocycles. The van der Waals surface area contributed by atoms with Gasteiger partial charge >= 0.3 is 0 Å². The van der Waals surface area contributed by atoms with Crippen LogP contribution in [0.15, 0.2) is 90.6 Å². The van der Waals surface area contributed by atoms with E-state index in [1.165, 1.54) is 12.1 Å². The number of para-hydroxylation sites is 1. The SMILES string of the molecule is N#CC(=Cc1cn(-c2ccccc2)nc1-c1cccc(OCc2ccc(F)cc2)c1)C(=O)N1CCCCC1. The van der Waals surface area contributed by atoms with Crippen LogP contribution in [-0.2, 0) is 11.4 Å². The third-order valence-corrected chi connectivity index (χ3v) is 6.48. The first-order chi connectivity index (χ1) is 18.6. The van der Waals surface area contributed by atoms with Gasteiger partial charge in [-0.2, -0.15) is 10.4 Å². The van der Waals surface area contributed by atoms with Crippen LogP contribution in [0.1, 0.15) is 30.4 Å². The average Bonchev–Trinajstić information content (AvgIpc) is 3.40. The van der Waals surface area contributed by atoms with E-state index in [1.807, 2.05) is 60.8 Å². The Bertz CT molecular complexity index is 1480. The van der Waals surface area contributed by atoms with Crippen LogP contribution in [0.25, 0.3) is 23.0 Å². The lowest BCUT2D eigenvalue weighted by Gasteiger charge is -2.26. The van der Waals surface area contributed by atoms with Gasteiger partial charge in [0.1, 0.15) is 35.5 Å². The maximum absolute atomic E-state index is 13.2. The smallest absolute Gasteiger partial charge is 0.264 e. The first-order valence-corrected chi connectivity index (χ1v) is 12.6. The van der Waals surface area contributed by atoms with E-state index in [0.717, 1.165) is 36.1 Å². The van der Waals surface area contributed by atoms with E-state index in [-0.39, 0.29) is 23.9 Å². The summed E-state index contributed by atoms with van der Waals surface area (Å²) in [5.41, 5.74) is 3.86. The maximum atomic E-state index is 13.2. The van der Waals surface area contributed by atoms with Crippen molar-refractivity contribution < 1.29 is 13.9 Å². The fraction of sp³-hybridized carbons (Fsp3) is 0.194. The van der Waals surface area contributed by atoms with Gasteiger partial charge in [0.15, 0.2) is 0 Å². The molecule has 1 aliphatic rings. The molecular formula is C31H27FN4O2. The summed E-state index contributed by atoms with van der Waals surface area (Å²) in [6, 6.07) is 25.5. The van der Waals surface area contributed by atoms with Gasteiger partial charge in [-0.15, -0.1) is 0 Å². The predicted octanol–water partition coefficient (Wildman–Crippen LogP) is 6.18. The van der Waals surface area contributed by atoms with Gasteiger partial charge in [0, 0.05) is 30.4 Å². The van der Waals surface area contributed by atoms with E-state index in [0.29, 0.717) is 30.1 Å². The molecule has 1 amide bonds. The quantitative estimate of drug-likeness (QED) is 0.222. The number of amides is 1. The van der Waals surface area contributed by atoms with Crippen molar-refractivity contribution in [1.29, 1.82) is 5.26 Å². The van der Waals surface area contributed by atoms with Crippen LogP contribution in [0, 0.1) is 17.1 Å². The fourth-order valence-corrected chi connectivity index (χ4v) is 4.48. The molecule has 1 fully saturated rings. The third-order valence-electron chi connectivity index (χ3n) is 6.48. The molecule has 0 aliphatic carbocycles. The molecule has 4 aromatic rings. The van der Waals surface area contributed by atoms with Crippen molar-refractivity contribution in [3.05, 3.63) is 108 Å². The van der Waals surface area contributed by atoms with Gasteiger partial charge in [0.05, 0.1) is 5.69 Å². The van der Waals surface area contributed by atoms with Gasteiger partial charge < -0.3 is 9.64 Å². The van der Waals surface area contributed by atoms with E-state index in [1.54, 1.807) is 27.8 Å². The summed E-state index contributed by atoms with van der Waals surface area (Å²) in [5.74, 6) is 0.0868. The largest absolute Gasteiger partial charge is 0.489 e. The third kappa shape index (κ3) is 5.81. The Hall–Kier alpha value is -4.70. The predicted molar refractivity (Wildman–Crippen MR) is 144 cm³/mol. The molecule has 0 atom stereocenters. The molecule has 0 radical (unpaired) electrons. The van der Waals surface area contributed by atoms with E-state index >= 15 is 0 Å². The van der Waals surface area contributed by atoms with E-state index in [4.69, 9.17) is 9.84 Å². The summed E-state index contributed by atoms with van der Waals surface area (Å²) in [7, 11) is 0. The minimum absolute atomic E-state index is 0.0875. The molecule has 7 heteroatoms. The number of aromatic nitrogens is 2. The molecule has 0 unspecified atom stereocenters. The first-order valence-electron chi connectivity index (χ1n) is 12.6. The van der Waals surface area contributed by atoms with Crippen LogP contribution >= 0.6 is 0 Å². The summed E-state index contributed by atoms with van der Waals surface area (Å²) in [5, 5.41) is 14.7. The average molecular weight is 507 g/mol. The molecule has 6 nitrogen and oxygen atoms in total. The van der Waals surface area contributed by atoms with Gasteiger partial charge in [-0.05, 0) is 67.3 Å². The minimum atomic E-state index is -0.291. The molecule has 0 spiro atoms. The number of nitrogens with zero attached hydrogens (tertiary/aromatic N) is 4. The van der Waals surface area contributed by atoms with Crippen LogP contribution < -0.4 is 4.74 Å². The number of rotatable bonds is 7. The zero-order valence-electron chi connectivity index (χ0n) is 20.9. The fourth-order valence-electron chi connectivity index (χ4n) is 4.48.